The summed E-state index contributed by atoms with van der Waals surface area (Å²) in [5.41, 5.74) is 4.35. The number of fused-ring (bicyclic) bond motifs is 1. The molecule has 1 N–H and O–H groups in total. The van der Waals surface area contributed by atoms with Crippen molar-refractivity contribution in [3.05, 3.63) is 76.8 Å². The van der Waals surface area contributed by atoms with Gasteiger partial charge in [-0.3, -0.25) is 4.79 Å². The average Bonchev–Trinajstić information content (AvgIpc) is 3.18. The van der Waals surface area contributed by atoms with Crippen molar-refractivity contribution < 1.29 is 13.9 Å². The number of methoxy groups -OCH3 is 1. The van der Waals surface area contributed by atoms with Crippen LogP contribution in [0, 0.1) is 0 Å². The van der Waals surface area contributed by atoms with E-state index in [-0.39, 0.29) is 5.91 Å². The molecule has 1 heterocycles. The van der Waals surface area contributed by atoms with E-state index in [9.17, 15) is 4.79 Å². The van der Waals surface area contributed by atoms with E-state index in [4.69, 9.17) is 20.8 Å². The van der Waals surface area contributed by atoms with E-state index in [1.807, 2.05) is 18.2 Å². The molecule has 1 amide bonds. The molecule has 0 bridgehead atoms. The minimum Gasteiger partial charge on any atom is -0.497 e. The molecule has 0 spiro atoms. The summed E-state index contributed by atoms with van der Waals surface area (Å²) in [4.78, 5) is 17.2. The van der Waals surface area contributed by atoms with Gasteiger partial charge in [-0.2, -0.15) is 0 Å². The predicted molar refractivity (Wildman–Crippen MR) is 119 cm³/mol. The first-order valence-electron chi connectivity index (χ1n) is 9.60. The van der Waals surface area contributed by atoms with Crippen LogP contribution in [0.2, 0.25) is 5.02 Å². The number of hydrogen-bond donors (Lipinski definition) is 1. The second-order valence-corrected chi connectivity index (χ2v) is 7.69. The first-order chi connectivity index (χ1) is 14.4. The lowest BCUT2D eigenvalue weighted by Crippen LogP contribution is -2.11. The molecule has 3 aromatic carbocycles. The van der Waals surface area contributed by atoms with Crippen molar-refractivity contribution in [2.24, 2.45) is 0 Å². The molecule has 0 radical (unpaired) electrons. The van der Waals surface area contributed by atoms with Crippen LogP contribution < -0.4 is 10.1 Å². The minimum absolute atomic E-state index is 0.249. The van der Waals surface area contributed by atoms with Gasteiger partial charge in [0.05, 0.1) is 17.7 Å². The molecule has 0 aliphatic rings. The third kappa shape index (κ3) is 4.02. The van der Waals surface area contributed by atoms with Gasteiger partial charge in [-0.25, -0.2) is 4.98 Å². The largest absolute Gasteiger partial charge is 0.497 e. The lowest BCUT2D eigenvalue weighted by Gasteiger charge is -2.08. The quantitative estimate of drug-likeness (QED) is 0.398. The van der Waals surface area contributed by atoms with E-state index in [2.05, 4.69) is 24.1 Å². The van der Waals surface area contributed by atoms with Crippen LogP contribution in [-0.4, -0.2) is 18.0 Å². The SMILES string of the molecule is COc1cccc(C(=O)Nc2ccc(Cl)c(-c3nc4cc(C(C)C)ccc4o3)c2)c1. The summed E-state index contributed by atoms with van der Waals surface area (Å²) in [6.07, 6.45) is 0. The molecule has 152 valence electrons. The average molecular weight is 421 g/mol. The third-order valence-electron chi connectivity index (χ3n) is 4.86. The maximum atomic E-state index is 12.6. The maximum absolute atomic E-state index is 12.6. The highest BCUT2D eigenvalue weighted by Crippen LogP contribution is 2.33. The fourth-order valence-electron chi connectivity index (χ4n) is 3.15. The van der Waals surface area contributed by atoms with Crippen LogP contribution in [0.4, 0.5) is 5.69 Å². The number of aromatic nitrogens is 1. The van der Waals surface area contributed by atoms with Crippen LogP contribution >= 0.6 is 11.6 Å². The van der Waals surface area contributed by atoms with Gasteiger partial charge >= 0.3 is 0 Å². The fourth-order valence-corrected chi connectivity index (χ4v) is 3.35. The number of nitrogens with one attached hydrogen (secondary N) is 1. The number of carbonyl (C=O) groups is 1. The van der Waals surface area contributed by atoms with Crippen LogP contribution in [0.5, 0.6) is 5.75 Å². The minimum atomic E-state index is -0.249. The van der Waals surface area contributed by atoms with E-state index < -0.39 is 0 Å². The highest BCUT2D eigenvalue weighted by atomic mass is 35.5. The fraction of sp³-hybridized carbons (Fsp3) is 0.167. The number of carbonyl (C=O) groups excluding carboxylic acids is 1. The highest BCUT2D eigenvalue weighted by Gasteiger charge is 2.15. The van der Waals surface area contributed by atoms with Crippen molar-refractivity contribution in [2.75, 3.05) is 12.4 Å². The maximum Gasteiger partial charge on any atom is 0.255 e. The molecule has 0 aliphatic heterocycles. The van der Waals surface area contributed by atoms with Crippen molar-refractivity contribution in [3.8, 4) is 17.2 Å². The Balaban J connectivity index is 1.65. The predicted octanol–water partition coefficient (Wildman–Crippen LogP) is 6.53. The van der Waals surface area contributed by atoms with Crippen LogP contribution in [-0.2, 0) is 0 Å². The first-order valence-corrected chi connectivity index (χ1v) is 9.98. The molecular weight excluding hydrogens is 400 g/mol. The zero-order chi connectivity index (χ0) is 21.3. The summed E-state index contributed by atoms with van der Waals surface area (Å²) in [6.45, 7) is 4.26. The normalized spacial score (nSPS) is 11.1. The smallest absolute Gasteiger partial charge is 0.255 e. The van der Waals surface area contributed by atoms with Crippen LogP contribution in [0.15, 0.2) is 65.1 Å². The molecule has 5 nitrogen and oxygen atoms in total. The zero-order valence-corrected chi connectivity index (χ0v) is 17.7. The second-order valence-electron chi connectivity index (χ2n) is 7.28. The number of ether oxygens (including phenoxy) is 1. The topological polar surface area (TPSA) is 64.4 Å². The van der Waals surface area contributed by atoms with E-state index in [1.165, 1.54) is 5.56 Å². The monoisotopic (exact) mass is 420 g/mol. The summed E-state index contributed by atoms with van der Waals surface area (Å²) < 4.78 is 11.1. The van der Waals surface area contributed by atoms with Gasteiger partial charge in [0.15, 0.2) is 5.58 Å². The molecule has 4 rings (SSSR count). The molecule has 1 aromatic heterocycles. The molecule has 0 saturated carbocycles. The van der Waals surface area contributed by atoms with E-state index in [0.29, 0.717) is 45.0 Å². The number of anilines is 1. The van der Waals surface area contributed by atoms with Crippen LogP contribution in [0.3, 0.4) is 0 Å². The Kier molecular flexibility index (Phi) is 5.46. The summed E-state index contributed by atoms with van der Waals surface area (Å²) >= 11 is 6.40. The summed E-state index contributed by atoms with van der Waals surface area (Å²) in [7, 11) is 1.56. The molecular formula is C24H21ClN2O3. The number of oxazole rings is 1. The lowest BCUT2D eigenvalue weighted by molar-refractivity contribution is 0.102. The molecule has 6 heteroatoms. The molecule has 0 unspecified atom stereocenters. The number of hydrogen-bond acceptors (Lipinski definition) is 4. The van der Waals surface area contributed by atoms with Gasteiger partial charge in [0, 0.05) is 11.3 Å². The van der Waals surface area contributed by atoms with Gasteiger partial charge in [-0.15, -0.1) is 0 Å². The standard InChI is InChI=1S/C24H21ClN2O3/c1-14(2)15-7-10-22-21(12-15)27-24(30-22)19-13-17(8-9-20(19)25)26-23(28)16-5-4-6-18(11-16)29-3/h4-14H,1-3H3,(H,26,28). The molecule has 4 aromatic rings. The molecule has 0 saturated heterocycles. The first kappa shape index (κ1) is 20.0. The van der Waals surface area contributed by atoms with Crippen molar-refractivity contribution in [1.29, 1.82) is 0 Å². The number of benzene rings is 3. The number of nitrogens with zero attached hydrogens (tertiary/aromatic N) is 1. The van der Waals surface area contributed by atoms with Gasteiger partial charge in [-0.1, -0.05) is 37.6 Å². The third-order valence-corrected chi connectivity index (χ3v) is 5.19. The van der Waals surface area contributed by atoms with Crippen molar-refractivity contribution >= 4 is 34.3 Å². The summed E-state index contributed by atoms with van der Waals surface area (Å²) in [6, 6.07) is 18.2. The summed E-state index contributed by atoms with van der Waals surface area (Å²) in [5.74, 6) is 1.18. The van der Waals surface area contributed by atoms with Gasteiger partial charge in [-0.05, 0) is 60.0 Å². The highest BCUT2D eigenvalue weighted by molar-refractivity contribution is 6.33. The van der Waals surface area contributed by atoms with E-state index in [1.54, 1.807) is 49.6 Å². The van der Waals surface area contributed by atoms with Crippen LogP contribution in [0.1, 0.15) is 35.7 Å². The Bertz CT molecular complexity index is 1230. The zero-order valence-electron chi connectivity index (χ0n) is 16.9. The van der Waals surface area contributed by atoms with Crippen molar-refractivity contribution in [3.63, 3.8) is 0 Å². The van der Waals surface area contributed by atoms with Crippen molar-refractivity contribution in [1.82, 2.24) is 4.98 Å². The molecule has 0 atom stereocenters. The Morgan fingerprint density at radius 2 is 1.93 bits per heavy atom. The molecule has 0 aliphatic carbocycles. The van der Waals surface area contributed by atoms with Gasteiger partial charge < -0.3 is 14.5 Å². The van der Waals surface area contributed by atoms with Gasteiger partial charge in [0.25, 0.3) is 5.91 Å². The van der Waals surface area contributed by atoms with E-state index in [0.717, 1.165) is 5.52 Å². The Hall–Kier alpha value is -3.31. The Labute approximate surface area is 179 Å². The van der Waals surface area contributed by atoms with Crippen LogP contribution in [0.25, 0.3) is 22.6 Å². The van der Waals surface area contributed by atoms with Gasteiger partial charge in [0.2, 0.25) is 5.89 Å². The summed E-state index contributed by atoms with van der Waals surface area (Å²) in [5, 5.41) is 3.37. The van der Waals surface area contributed by atoms with Gasteiger partial charge in [0.1, 0.15) is 11.3 Å². The number of rotatable bonds is 5. The lowest BCUT2D eigenvalue weighted by atomic mass is 10.0. The van der Waals surface area contributed by atoms with Crippen molar-refractivity contribution in [2.45, 2.75) is 19.8 Å². The number of halogens is 1. The Morgan fingerprint density at radius 1 is 1.10 bits per heavy atom. The number of amides is 1. The second kappa shape index (κ2) is 8.20. The Morgan fingerprint density at radius 3 is 2.70 bits per heavy atom. The molecule has 0 fully saturated rings. The molecule has 30 heavy (non-hydrogen) atoms. The van der Waals surface area contributed by atoms with E-state index >= 15 is 0 Å².